The molecule has 2 aromatic carbocycles. The molecule has 0 radical (unpaired) electrons. The Kier molecular flexibility index (Phi) is 7.87. The predicted molar refractivity (Wildman–Crippen MR) is 165 cm³/mol. The third kappa shape index (κ3) is 5.97. The van der Waals surface area contributed by atoms with E-state index in [0.29, 0.717) is 39.3 Å². The molecule has 4 aromatic heterocycles. The smallest absolute Gasteiger partial charge is 0.475 e. The van der Waals surface area contributed by atoms with Gasteiger partial charge in [0.2, 0.25) is 5.95 Å². The van der Waals surface area contributed by atoms with E-state index < -0.39 is 12.1 Å². The molecule has 7 rings (SSSR count). The van der Waals surface area contributed by atoms with Crippen LogP contribution in [0.15, 0.2) is 82.6 Å². The number of hydrogen-bond donors (Lipinski definition) is 3. The van der Waals surface area contributed by atoms with Gasteiger partial charge in [-0.15, -0.1) is 0 Å². The number of carboxylic acid groups (broad SMARTS) is 1. The van der Waals surface area contributed by atoms with E-state index in [9.17, 15) is 22.8 Å². The Bertz CT molecular complexity index is 2170. The highest BCUT2D eigenvalue weighted by molar-refractivity contribution is 5.95. The second-order valence-corrected chi connectivity index (χ2v) is 10.5. The van der Waals surface area contributed by atoms with Crippen LogP contribution in [0.25, 0.3) is 33.4 Å². The zero-order chi connectivity index (χ0) is 32.6. The van der Waals surface area contributed by atoms with Crippen molar-refractivity contribution in [3.63, 3.8) is 0 Å². The zero-order valence-corrected chi connectivity index (χ0v) is 24.2. The number of fused-ring (bicyclic) bond motifs is 4. The van der Waals surface area contributed by atoms with Gasteiger partial charge in [-0.1, -0.05) is 6.07 Å². The molecule has 0 saturated carbocycles. The summed E-state index contributed by atoms with van der Waals surface area (Å²) >= 11 is 0. The van der Waals surface area contributed by atoms with E-state index in [1.54, 1.807) is 29.1 Å². The van der Waals surface area contributed by atoms with Gasteiger partial charge in [-0.25, -0.2) is 24.4 Å². The van der Waals surface area contributed by atoms with Crippen LogP contribution in [0.1, 0.15) is 0 Å². The molecule has 13 nitrogen and oxygen atoms in total. The molecule has 0 spiro atoms. The number of carboxylic acids is 1. The molecule has 0 atom stereocenters. The lowest BCUT2D eigenvalue weighted by molar-refractivity contribution is -0.192. The number of halogens is 3. The van der Waals surface area contributed by atoms with Crippen LogP contribution in [0.4, 0.5) is 30.5 Å². The number of piperazine rings is 1. The summed E-state index contributed by atoms with van der Waals surface area (Å²) in [7, 11) is 2.15. The van der Waals surface area contributed by atoms with Crippen molar-refractivity contribution in [1.29, 1.82) is 0 Å². The van der Waals surface area contributed by atoms with Crippen molar-refractivity contribution in [2.45, 2.75) is 6.18 Å². The number of hydrogen-bond acceptors (Lipinski definition) is 9. The average molecular weight is 634 g/mol. The Balaban J connectivity index is 0.000000480. The maximum atomic E-state index is 13.7. The normalized spacial score (nSPS) is 14.0. The first-order valence-corrected chi connectivity index (χ1v) is 14.0. The van der Waals surface area contributed by atoms with Crippen LogP contribution in [0.3, 0.4) is 0 Å². The lowest BCUT2D eigenvalue weighted by Gasteiger charge is -2.34. The number of H-pyrrole nitrogens is 1. The number of nitrogens with zero attached hydrogens (tertiary/aromatic N) is 7. The van der Waals surface area contributed by atoms with Crippen molar-refractivity contribution < 1.29 is 23.1 Å². The number of aromatic nitrogens is 6. The average Bonchev–Trinajstić information content (AvgIpc) is 3.35. The number of rotatable bonds is 4. The third-order valence-corrected chi connectivity index (χ3v) is 7.40. The zero-order valence-electron chi connectivity index (χ0n) is 24.2. The summed E-state index contributed by atoms with van der Waals surface area (Å²) < 4.78 is 34.8. The third-order valence-electron chi connectivity index (χ3n) is 7.40. The monoisotopic (exact) mass is 633 g/mol. The van der Waals surface area contributed by atoms with Crippen LogP contribution >= 0.6 is 0 Å². The number of benzene rings is 2. The van der Waals surface area contributed by atoms with Crippen LogP contribution < -0.4 is 21.2 Å². The maximum absolute atomic E-state index is 13.7. The standard InChI is InChI=1S/C28H25N9O2.C2HF3O2/c1-34-12-14-35(15-13-34)19-7-5-18(6-8-19)31-28-30-17-22-25(33-28)32-26-21-10-9-20(38)16-23(21)36(37(26)27(22)39)24-4-2-3-11-29-24;3-2(4,5)1(6)7/h2-11,16-17H,12-15H2,1H3,(H2,30,31,32,33);(H,6,7). The van der Waals surface area contributed by atoms with Gasteiger partial charge in [0, 0.05) is 61.4 Å². The fourth-order valence-electron chi connectivity index (χ4n) is 5.08. The molecule has 1 aliphatic heterocycles. The minimum Gasteiger partial charge on any atom is -0.475 e. The first kappa shape index (κ1) is 30.3. The number of anilines is 3. The van der Waals surface area contributed by atoms with Gasteiger partial charge in [0.15, 0.2) is 16.9 Å². The van der Waals surface area contributed by atoms with E-state index in [-0.39, 0.29) is 11.0 Å². The molecule has 0 amide bonds. The molecule has 0 bridgehead atoms. The van der Waals surface area contributed by atoms with E-state index in [0.717, 1.165) is 31.9 Å². The predicted octanol–water partition coefficient (Wildman–Crippen LogP) is 3.40. The van der Waals surface area contributed by atoms with Crippen LogP contribution in [0, 0.1) is 0 Å². The molecule has 0 unspecified atom stereocenters. The maximum Gasteiger partial charge on any atom is 0.490 e. The second kappa shape index (κ2) is 12.0. The summed E-state index contributed by atoms with van der Waals surface area (Å²) in [5.41, 5.74) is 2.91. The summed E-state index contributed by atoms with van der Waals surface area (Å²) in [6.07, 6.45) is -1.94. The Morgan fingerprint density at radius 1 is 0.957 bits per heavy atom. The van der Waals surface area contributed by atoms with E-state index in [1.165, 1.54) is 28.5 Å². The lowest BCUT2D eigenvalue weighted by Crippen LogP contribution is -2.44. The van der Waals surface area contributed by atoms with Crippen molar-refractivity contribution in [2.24, 2.45) is 0 Å². The van der Waals surface area contributed by atoms with Crippen molar-refractivity contribution in [1.82, 2.24) is 34.0 Å². The number of pyridine rings is 1. The van der Waals surface area contributed by atoms with Crippen LogP contribution in [0.5, 0.6) is 0 Å². The summed E-state index contributed by atoms with van der Waals surface area (Å²) in [6.45, 7) is 4.11. The van der Waals surface area contributed by atoms with Gasteiger partial charge in [-0.2, -0.15) is 17.7 Å². The topological polar surface area (TPSA) is 154 Å². The highest BCUT2D eigenvalue weighted by atomic mass is 19.4. The SMILES string of the molecule is CN1CCN(c2ccc(Nc3ncc4c(=O)n5c(nc4[nH]3)c3ccc(=O)cc3n5-c3ccccn3)cc2)CC1.O=C(O)C(F)(F)F. The van der Waals surface area contributed by atoms with E-state index in [2.05, 4.69) is 49.2 Å². The van der Waals surface area contributed by atoms with Crippen LogP contribution in [0.2, 0.25) is 0 Å². The van der Waals surface area contributed by atoms with Crippen molar-refractivity contribution in [3.8, 4) is 5.82 Å². The van der Waals surface area contributed by atoms with Gasteiger partial charge >= 0.3 is 12.1 Å². The molecular formula is C30H26F3N9O4. The molecule has 6 aromatic rings. The Labute approximate surface area is 257 Å². The number of carbonyl (C=O) groups is 1. The second-order valence-electron chi connectivity index (χ2n) is 10.5. The minimum absolute atomic E-state index is 0.168. The Morgan fingerprint density at radius 3 is 2.33 bits per heavy atom. The van der Waals surface area contributed by atoms with Crippen molar-refractivity contribution >= 4 is 50.9 Å². The number of likely N-dealkylation sites (N-methyl/N-ethyl adjacent to an activating group) is 1. The van der Waals surface area contributed by atoms with E-state index in [4.69, 9.17) is 14.9 Å². The van der Waals surface area contributed by atoms with Gasteiger partial charge in [0.05, 0.1) is 5.52 Å². The summed E-state index contributed by atoms with van der Waals surface area (Å²) in [4.78, 5) is 56.4. The quantitative estimate of drug-likeness (QED) is 0.263. The van der Waals surface area contributed by atoms with Crippen LogP contribution in [-0.2, 0) is 4.79 Å². The van der Waals surface area contributed by atoms with E-state index >= 15 is 0 Å². The van der Waals surface area contributed by atoms with E-state index in [1.807, 2.05) is 18.2 Å². The highest BCUT2D eigenvalue weighted by Gasteiger charge is 2.38. The van der Waals surface area contributed by atoms with Gasteiger partial charge in [0.25, 0.3) is 5.56 Å². The van der Waals surface area contributed by atoms with Crippen molar-refractivity contribution in [3.05, 3.63) is 93.6 Å². The molecule has 1 fully saturated rings. The van der Waals surface area contributed by atoms with Gasteiger partial charge < -0.3 is 25.2 Å². The number of aliphatic carboxylic acids is 1. The van der Waals surface area contributed by atoms with Crippen LogP contribution in [-0.4, -0.2) is 84.5 Å². The van der Waals surface area contributed by atoms with Gasteiger partial charge in [-0.05, 0) is 55.6 Å². The molecule has 1 aliphatic rings. The molecule has 5 heterocycles. The fourth-order valence-corrected chi connectivity index (χ4v) is 5.08. The Hall–Kier alpha value is -5.77. The number of alkyl halides is 3. The molecule has 46 heavy (non-hydrogen) atoms. The fraction of sp³-hybridized carbons (Fsp3) is 0.200. The van der Waals surface area contributed by atoms with Crippen molar-refractivity contribution in [2.75, 3.05) is 43.4 Å². The molecule has 236 valence electrons. The summed E-state index contributed by atoms with van der Waals surface area (Å²) in [5.74, 6) is -1.80. The number of nitrogens with one attached hydrogen (secondary N) is 2. The highest BCUT2D eigenvalue weighted by Crippen LogP contribution is 2.24. The largest absolute Gasteiger partial charge is 0.490 e. The molecule has 0 aliphatic carbocycles. The van der Waals surface area contributed by atoms with Gasteiger partial charge in [-0.3, -0.25) is 9.59 Å². The Morgan fingerprint density at radius 2 is 1.67 bits per heavy atom. The summed E-state index contributed by atoms with van der Waals surface area (Å²) in [5, 5.41) is 11.4. The molecule has 3 N–H and O–H groups in total. The first-order chi connectivity index (χ1) is 22.0. The molecular weight excluding hydrogens is 607 g/mol. The minimum atomic E-state index is -5.08. The summed E-state index contributed by atoms with van der Waals surface area (Å²) in [6, 6.07) is 18.3. The molecule has 1 saturated heterocycles. The van der Waals surface area contributed by atoms with Gasteiger partial charge in [0.1, 0.15) is 11.0 Å². The number of aromatic amines is 1. The molecule has 16 heteroatoms. The lowest BCUT2D eigenvalue weighted by atomic mass is 10.2. The first-order valence-electron chi connectivity index (χ1n) is 14.0.